The molecule has 0 aliphatic carbocycles. The summed E-state index contributed by atoms with van der Waals surface area (Å²) in [7, 11) is 0. The molecule has 0 radical (unpaired) electrons. The molecule has 1 saturated heterocycles. The number of hydrogen-bond acceptors (Lipinski definition) is 7. The quantitative estimate of drug-likeness (QED) is 0.337. The van der Waals surface area contributed by atoms with Crippen LogP contribution in [-0.2, 0) is 19.1 Å². The van der Waals surface area contributed by atoms with E-state index in [1.165, 1.54) is 18.2 Å². The fourth-order valence-corrected chi connectivity index (χ4v) is 2.73. The maximum absolute atomic E-state index is 12.6. The Bertz CT molecular complexity index is 758. The van der Waals surface area contributed by atoms with Gasteiger partial charge >= 0.3 is 0 Å². The second-order valence-electron chi connectivity index (χ2n) is 5.15. The Labute approximate surface area is 135 Å². The van der Waals surface area contributed by atoms with Gasteiger partial charge in [-0.15, -0.1) is 0 Å². The van der Waals surface area contributed by atoms with Crippen LogP contribution in [0.25, 0.3) is 0 Å². The van der Waals surface area contributed by atoms with Crippen molar-refractivity contribution in [3.05, 3.63) is 29.3 Å². The highest BCUT2D eigenvalue weighted by atomic mass is 16.7. The van der Waals surface area contributed by atoms with Gasteiger partial charge in [-0.1, -0.05) is 6.07 Å². The van der Waals surface area contributed by atoms with Crippen molar-refractivity contribution in [1.82, 2.24) is 10.2 Å². The molecule has 0 aromatic heterocycles. The third kappa shape index (κ3) is 2.49. The van der Waals surface area contributed by atoms with Crippen LogP contribution in [0, 0.1) is 0 Å². The number of benzene rings is 1. The number of hydrogen-bond donors (Lipinski definition) is 1. The van der Waals surface area contributed by atoms with Gasteiger partial charge in [0.2, 0.25) is 18.6 Å². The van der Waals surface area contributed by atoms with Gasteiger partial charge in [0.15, 0.2) is 0 Å². The molecular weight excluding hydrogens is 320 g/mol. The Balaban J connectivity index is 1.91. The number of carbonyl (C=O) groups excluding carboxylic acids is 5. The fourth-order valence-electron chi connectivity index (χ4n) is 2.73. The van der Waals surface area contributed by atoms with E-state index in [0.717, 1.165) is 4.90 Å². The van der Waals surface area contributed by atoms with E-state index in [0.29, 0.717) is 0 Å². The van der Waals surface area contributed by atoms with Crippen LogP contribution in [0.5, 0.6) is 5.75 Å². The van der Waals surface area contributed by atoms with Crippen LogP contribution >= 0.6 is 0 Å². The molecule has 2 aliphatic heterocycles. The summed E-state index contributed by atoms with van der Waals surface area (Å²) in [6, 6.07) is 3.35. The van der Waals surface area contributed by atoms with E-state index in [2.05, 4.69) is 10.1 Å². The van der Waals surface area contributed by atoms with Crippen molar-refractivity contribution in [1.29, 1.82) is 0 Å². The Morgan fingerprint density at radius 3 is 2.71 bits per heavy atom. The number of ether oxygens (including phenoxy) is 2. The van der Waals surface area contributed by atoms with Crippen LogP contribution < -0.4 is 10.1 Å². The molecule has 1 atom stereocenters. The number of nitrogens with one attached hydrogen (secondary N) is 1. The summed E-state index contributed by atoms with van der Waals surface area (Å²) < 4.78 is 9.60. The molecule has 1 unspecified atom stereocenters. The van der Waals surface area contributed by atoms with Gasteiger partial charge in [0.1, 0.15) is 11.8 Å². The zero-order valence-corrected chi connectivity index (χ0v) is 12.3. The van der Waals surface area contributed by atoms with Gasteiger partial charge < -0.3 is 9.47 Å². The van der Waals surface area contributed by atoms with Gasteiger partial charge in [-0.05, 0) is 18.6 Å². The number of rotatable bonds is 5. The lowest BCUT2D eigenvalue weighted by Crippen LogP contribution is -2.54. The molecule has 2 heterocycles. The lowest BCUT2D eigenvalue weighted by molar-refractivity contribution is -0.137. The molecule has 0 saturated carbocycles. The molecule has 1 aromatic rings. The van der Waals surface area contributed by atoms with Crippen molar-refractivity contribution in [3.8, 4) is 5.75 Å². The molecule has 2 aliphatic rings. The Morgan fingerprint density at radius 2 is 2.00 bits per heavy atom. The average Bonchev–Trinajstić information content (AvgIpc) is 2.81. The molecule has 9 heteroatoms. The summed E-state index contributed by atoms with van der Waals surface area (Å²) in [5.41, 5.74) is 0.0926. The molecule has 24 heavy (non-hydrogen) atoms. The smallest absolute Gasteiger partial charge is 0.295 e. The molecule has 9 nitrogen and oxygen atoms in total. The van der Waals surface area contributed by atoms with Crippen molar-refractivity contribution in [2.24, 2.45) is 0 Å². The van der Waals surface area contributed by atoms with Gasteiger partial charge in [-0.3, -0.25) is 34.2 Å². The standard InChI is InChI=1S/C15H12N2O7/c18-6-23-7-24-10-3-1-2-8-12(10)15(22)17(14(8)21)9-4-5-11(19)16-13(9)20/h1-3,6,9H,4-5,7H2,(H,16,19,20). The summed E-state index contributed by atoms with van der Waals surface area (Å²) in [4.78, 5) is 59.3. The number of piperidine rings is 1. The third-order valence-electron chi connectivity index (χ3n) is 3.78. The first-order chi connectivity index (χ1) is 11.5. The van der Waals surface area contributed by atoms with E-state index < -0.39 is 36.5 Å². The van der Waals surface area contributed by atoms with Gasteiger partial charge in [0.05, 0.1) is 11.1 Å². The number of nitrogens with zero attached hydrogens (tertiary/aromatic N) is 1. The van der Waals surface area contributed by atoms with E-state index in [-0.39, 0.29) is 36.2 Å². The Morgan fingerprint density at radius 1 is 1.21 bits per heavy atom. The highest BCUT2D eigenvalue weighted by Gasteiger charge is 2.45. The first-order valence-corrected chi connectivity index (χ1v) is 7.07. The van der Waals surface area contributed by atoms with E-state index in [4.69, 9.17) is 4.74 Å². The van der Waals surface area contributed by atoms with Gasteiger partial charge in [0.25, 0.3) is 18.3 Å². The van der Waals surface area contributed by atoms with Gasteiger partial charge in [0, 0.05) is 6.42 Å². The summed E-state index contributed by atoms with van der Waals surface area (Å²) in [5.74, 6) is -2.38. The van der Waals surface area contributed by atoms with Crippen LogP contribution in [-0.4, -0.2) is 47.8 Å². The lowest BCUT2D eigenvalue weighted by Gasteiger charge is -2.27. The summed E-state index contributed by atoms with van der Waals surface area (Å²) >= 11 is 0. The van der Waals surface area contributed by atoms with Crippen LogP contribution in [0.15, 0.2) is 18.2 Å². The maximum Gasteiger partial charge on any atom is 0.295 e. The Hall–Kier alpha value is -3.23. The summed E-state index contributed by atoms with van der Waals surface area (Å²) in [6.45, 7) is -0.230. The largest absolute Gasteiger partial charge is 0.457 e. The molecule has 1 aromatic carbocycles. The molecule has 3 rings (SSSR count). The topological polar surface area (TPSA) is 119 Å². The van der Waals surface area contributed by atoms with Crippen molar-refractivity contribution >= 4 is 30.1 Å². The summed E-state index contributed by atoms with van der Waals surface area (Å²) in [5, 5.41) is 2.12. The number of amides is 4. The molecule has 1 N–H and O–H groups in total. The lowest BCUT2D eigenvalue weighted by atomic mass is 10.0. The van der Waals surface area contributed by atoms with E-state index in [9.17, 15) is 24.0 Å². The Kier molecular flexibility index (Phi) is 3.98. The van der Waals surface area contributed by atoms with Crippen LogP contribution in [0.3, 0.4) is 0 Å². The van der Waals surface area contributed by atoms with Crippen LogP contribution in [0.1, 0.15) is 33.6 Å². The SMILES string of the molecule is O=COCOc1cccc2c1C(=O)N(C1CCC(=O)NC1=O)C2=O. The first kappa shape index (κ1) is 15.7. The minimum absolute atomic E-state index is 0.00157. The third-order valence-corrected chi connectivity index (χ3v) is 3.78. The normalized spacial score (nSPS) is 19.8. The molecule has 0 bridgehead atoms. The van der Waals surface area contributed by atoms with Crippen molar-refractivity contribution in [2.75, 3.05) is 6.79 Å². The number of imide groups is 2. The minimum atomic E-state index is -1.05. The highest BCUT2D eigenvalue weighted by Crippen LogP contribution is 2.33. The maximum atomic E-state index is 12.6. The van der Waals surface area contributed by atoms with Crippen LogP contribution in [0.2, 0.25) is 0 Å². The fraction of sp³-hybridized carbons (Fsp3) is 0.267. The second kappa shape index (κ2) is 6.11. The number of fused-ring (bicyclic) bond motifs is 1. The second-order valence-corrected chi connectivity index (χ2v) is 5.15. The highest BCUT2D eigenvalue weighted by molar-refractivity contribution is 6.24. The molecule has 1 fully saturated rings. The minimum Gasteiger partial charge on any atom is -0.457 e. The van der Waals surface area contributed by atoms with E-state index in [1.54, 1.807) is 0 Å². The predicted octanol–water partition coefficient (Wildman–Crippen LogP) is -0.403. The number of carbonyl (C=O) groups is 5. The van der Waals surface area contributed by atoms with E-state index >= 15 is 0 Å². The molecule has 0 spiro atoms. The van der Waals surface area contributed by atoms with Crippen molar-refractivity contribution < 1.29 is 33.4 Å². The molecule has 4 amide bonds. The summed E-state index contributed by atoms with van der Waals surface area (Å²) in [6.07, 6.45) is 0.112. The van der Waals surface area contributed by atoms with Gasteiger partial charge in [-0.2, -0.15) is 0 Å². The van der Waals surface area contributed by atoms with Crippen molar-refractivity contribution in [3.63, 3.8) is 0 Å². The molecule has 124 valence electrons. The van der Waals surface area contributed by atoms with E-state index in [1.807, 2.05) is 0 Å². The van der Waals surface area contributed by atoms with Crippen LogP contribution in [0.4, 0.5) is 0 Å². The monoisotopic (exact) mass is 332 g/mol. The first-order valence-electron chi connectivity index (χ1n) is 7.07. The zero-order valence-electron chi connectivity index (χ0n) is 12.3. The van der Waals surface area contributed by atoms with Gasteiger partial charge in [-0.25, -0.2) is 0 Å². The zero-order chi connectivity index (χ0) is 17.3. The average molecular weight is 332 g/mol. The van der Waals surface area contributed by atoms with Crippen molar-refractivity contribution in [2.45, 2.75) is 18.9 Å². The molecular formula is C15H12N2O7. The predicted molar refractivity (Wildman–Crippen MR) is 75.8 cm³/mol.